The normalized spacial score (nSPS) is 29.8. The molecule has 0 aromatic carbocycles. The highest BCUT2D eigenvalue weighted by atomic mass is 16.3. The van der Waals surface area contributed by atoms with Gasteiger partial charge in [0.15, 0.2) is 0 Å². The molecule has 124 valence electrons. The van der Waals surface area contributed by atoms with Crippen LogP contribution in [0.15, 0.2) is 24.4 Å². The lowest BCUT2D eigenvalue weighted by Crippen LogP contribution is -2.49. The molecule has 2 unspecified atom stereocenters. The molecular weight excluding hydrogens is 274 g/mol. The number of nitrogens with zero attached hydrogens (tertiary/aromatic N) is 3. The van der Waals surface area contributed by atoms with Crippen molar-refractivity contribution in [3.8, 4) is 0 Å². The molecule has 2 atom stereocenters. The van der Waals surface area contributed by atoms with E-state index in [0.29, 0.717) is 0 Å². The Morgan fingerprint density at radius 1 is 1.05 bits per heavy atom. The van der Waals surface area contributed by atoms with Gasteiger partial charge in [0.05, 0.1) is 5.69 Å². The first-order valence-electron chi connectivity index (χ1n) is 8.38. The van der Waals surface area contributed by atoms with Crippen molar-refractivity contribution in [3.05, 3.63) is 30.1 Å². The molecule has 1 aliphatic carbocycles. The van der Waals surface area contributed by atoms with Crippen LogP contribution < -0.4 is 0 Å². The fourth-order valence-electron chi connectivity index (χ4n) is 3.92. The Hall–Kier alpha value is -0.970. The summed E-state index contributed by atoms with van der Waals surface area (Å²) < 4.78 is 0. The van der Waals surface area contributed by atoms with Crippen LogP contribution in [0.4, 0.5) is 0 Å². The summed E-state index contributed by atoms with van der Waals surface area (Å²) in [5.74, 6) is 0.453. The molecule has 0 bridgehead atoms. The first kappa shape index (κ1) is 17.4. The zero-order valence-corrected chi connectivity index (χ0v) is 14.5. The molecule has 1 heterocycles. The van der Waals surface area contributed by atoms with Crippen molar-refractivity contribution in [2.45, 2.75) is 31.3 Å². The summed E-state index contributed by atoms with van der Waals surface area (Å²) in [4.78, 5) is 8.93. The molecule has 1 N–H and O–H groups in total. The van der Waals surface area contributed by atoms with Gasteiger partial charge in [0.2, 0.25) is 0 Å². The highest BCUT2D eigenvalue weighted by molar-refractivity contribution is 5.17. The summed E-state index contributed by atoms with van der Waals surface area (Å²) in [5.41, 5.74) is 0.00218. The fraction of sp³-hybridized carbons (Fsp3) is 0.722. The van der Waals surface area contributed by atoms with Crippen molar-refractivity contribution in [3.63, 3.8) is 0 Å². The maximum Gasteiger partial charge on any atom is 0.114 e. The summed E-state index contributed by atoms with van der Waals surface area (Å²) in [6.07, 6.45) is 6.32. The van der Waals surface area contributed by atoms with Crippen molar-refractivity contribution in [1.29, 1.82) is 0 Å². The SMILES string of the molecule is CN(C)CC1CCCCC(CN(C)C)C1(O)c1ccccn1. The highest BCUT2D eigenvalue weighted by Gasteiger charge is 2.47. The van der Waals surface area contributed by atoms with E-state index >= 15 is 0 Å². The third-order valence-electron chi connectivity index (χ3n) is 4.85. The Kier molecular flexibility index (Phi) is 5.95. The second-order valence-electron chi connectivity index (χ2n) is 7.24. The average Bonchev–Trinajstić information content (AvgIpc) is 2.61. The summed E-state index contributed by atoms with van der Waals surface area (Å²) in [7, 11) is 8.35. The minimum Gasteiger partial charge on any atom is -0.383 e. The first-order chi connectivity index (χ1) is 10.4. The maximum absolute atomic E-state index is 11.8. The van der Waals surface area contributed by atoms with Crippen LogP contribution in [-0.4, -0.2) is 61.2 Å². The van der Waals surface area contributed by atoms with E-state index in [2.05, 4.69) is 43.0 Å². The maximum atomic E-state index is 11.8. The van der Waals surface area contributed by atoms with Gasteiger partial charge in [-0.1, -0.05) is 18.9 Å². The molecule has 1 aliphatic rings. The molecule has 0 aliphatic heterocycles. The lowest BCUT2D eigenvalue weighted by molar-refractivity contribution is -0.0904. The zero-order chi connectivity index (χ0) is 16.2. The third-order valence-corrected chi connectivity index (χ3v) is 4.85. The second-order valence-corrected chi connectivity index (χ2v) is 7.24. The molecule has 1 aromatic rings. The van der Waals surface area contributed by atoms with Crippen LogP contribution in [0, 0.1) is 11.8 Å². The van der Waals surface area contributed by atoms with Crippen LogP contribution in [-0.2, 0) is 5.60 Å². The number of pyridine rings is 1. The highest BCUT2D eigenvalue weighted by Crippen LogP contribution is 2.44. The van der Waals surface area contributed by atoms with Gasteiger partial charge in [-0.3, -0.25) is 4.98 Å². The van der Waals surface area contributed by atoms with Gasteiger partial charge in [-0.25, -0.2) is 0 Å². The van der Waals surface area contributed by atoms with Crippen molar-refractivity contribution in [2.24, 2.45) is 11.8 Å². The topological polar surface area (TPSA) is 39.6 Å². The van der Waals surface area contributed by atoms with E-state index < -0.39 is 5.60 Å². The van der Waals surface area contributed by atoms with Crippen molar-refractivity contribution in [1.82, 2.24) is 14.8 Å². The molecule has 1 saturated carbocycles. The summed E-state index contributed by atoms with van der Waals surface area (Å²) >= 11 is 0. The smallest absolute Gasteiger partial charge is 0.114 e. The van der Waals surface area contributed by atoms with E-state index in [0.717, 1.165) is 31.6 Å². The third kappa shape index (κ3) is 3.86. The summed E-state index contributed by atoms with van der Waals surface area (Å²) in [5, 5.41) is 11.8. The lowest BCUT2D eigenvalue weighted by atomic mass is 9.73. The van der Waals surface area contributed by atoms with E-state index in [1.165, 1.54) is 12.8 Å². The molecule has 0 saturated heterocycles. The van der Waals surface area contributed by atoms with Crippen molar-refractivity contribution < 1.29 is 5.11 Å². The van der Waals surface area contributed by atoms with Gasteiger partial charge in [0, 0.05) is 31.1 Å². The minimum absolute atomic E-state index is 0.227. The molecule has 1 aromatic heterocycles. The molecule has 0 radical (unpaired) electrons. The standard InChI is InChI=1S/C18H31N3O/c1-20(2)13-15-9-5-6-10-16(14-21(3)4)18(15,22)17-11-7-8-12-19-17/h7-8,11-12,15-16,22H,5-6,9-10,13-14H2,1-4H3. The van der Waals surface area contributed by atoms with Gasteiger partial charge in [0.1, 0.15) is 5.60 Å². The van der Waals surface area contributed by atoms with Crippen LogP contribution in [0.25, 0.3) is 0 Å². The van der Waals surface area contributed by atoms with E-state index in [9.17, 15) is 5.11 Å². The van der Waals surface area contributed by atoms with E-state index in [1.54, 1.807) is 6.20 Å². The molecule has 0 spiro atoms. The van der Waals surface area contributed by atoms with Crippen LogP contribution >= 0.6 is 0 Å². The largest absolute Gasteiger partial charge is 0.383 e. The first-order valence-corrected chi connectivity index (χ1v) is 8.38. The summed E-state index contributed by atoms with van der Waals surface area (Å²) in [6.45, 7) is 1.80. The molecule has 1 fully saturated rings. The number of aliphatic hydroxyl groups is 1. The van der Waals surface area contributed by atoms with Crippen LogP contribution in [0.5, 0.6) is 0 Å². The van der Waals surface area contributed by atoms with Gasteiger partial charge in [-0.05, 0) is 53.2 Å². The molecule has 4 nitrogen and oxygen atoms in total. The van der Waals surface area contributed by atoms with Gasteiger partial charge >= 0.3 is 0 Å². The monoisotopic (exact) mass is 305 g/mol. The Morgan fingerprint density at radius 2 is 1.59 bits per heavy atom. The molecule has 22 heavy (non-hydrogen) atoms. The zero-order valence-electron chi connectivity index (χ0n) is 14.5. The van der Waals surface area contributed by atoms with Crippen LogP contribution in [0.3, 0.4) is 0 Å². The Morgan fingerprint density at radius 3 is 2.00 bits per heavy atom. The van der Waals surface area contributed by atoms with Crippen LogP contribution in [0.1, 0.15) is 31.4 Å². The van der Waals surface area contributed by atoms with E-state index in [4.69, 9.17) is 0 Å². The van der Waals surface area contributed by atoms with Gasteiger partial charge in [0.25, 0.3) is 0 Å². The van der Waals surface area contributed by atoms with Crippen molar-refractivity contribution >= 4 is 0 Å². The second kappa shape index (κ2) is 7.53. The van der Waals surface area contributed by atoms with E-state index in [1.807, 2.05) is 18.2 Å². The predicted octanol–water partition coefficient (Wildman–Crippen LogP) is 2.20. The Bertz CT molecular complexity index is 427. The average molecular weight is 305 g/mol. The van der Waals surface area contributed by atoms with E-state index in [-0.39, 0.29) is 11.8 Å². The van der Waals surface area contributed by atoms with Gasteiger partial charge in [-0.15, -0.1) is 0 Å². The number of rotatable bonds is 5. The number of hydrogen-bond donors (Lipinski definition) is 1. The Balaban J connectivity index is 2.42. The number of hydrogen-bond acceptors (Lipinski definition) is 4. The lowest BCUT2D eigenvalue weighted by Gasteiger charge is -2.42. The predicted molar refractivity (Wildman–Crippen MR) is 90.7 cm³/mol. The molecular formula is C18H31N3O. The fourth-order valence-corrected chi connectivity index (χ4v) is 3.92. The van der Waals surface area contributed by atoms with Crippen molar-refractivity contribution in [2.75, 3.05) is 41.3 Å². The molecule has 4 heteroatoms. The molecule has 2 rings (SSSR count). The quantitative estimate of drug-likeness (QED) is 0.847. The van der Waals surface area contributed by atoms with Gasteiger partial charge < -0.3 is 14.9 Å². The number of aromatic nitrogens is 1. The van der Waals surface area contributed by atoms with Crippen LogP contribution in [0.2, 0.25) is 0 Å². The molecule has 0 amide bonds. The minimum atomic E-state index is -0.841. The Labute approximate surface area is 135 Å². The van der Waals surface area contributed by atoms with Gasteiger partial charge in [-0.2, -0.15) is 0 Å². The summed E-state index contributed by atoms with van der Waals surface area (Å²) in [6, 6.07) is 5.91.